The zero-order valence-electron chi connectivity index (χ0n) is 19.1. The van der Waals surface area contributed by atoms with Crippen LogP contribution in [0.4, 0.5) is 11.4 Å². The van der Waals surface area contributed by atoms with Crippen LogP contribution >= 0.6 is 0 Å². The summed E-state index contributed by atoms with van der Waals surface area (Å²) in [6.07, 6.45) is 6.50. The molecule has 0 aromatic heterocycles. The maximum absolute atomic E-state index is 12.7. The zero-order chi connectivity index (χ0) is 22.9. The van der Waals surface area contributed by atoms with Crippen LogP contribution < -0.4 is 9.80 Å². The molecule has 1 unspecified atom stereocenters. The van der Waals surface area contributed by atoms with Crippen LogP contribution in [0.3, 0.4) is 0 Å². The Balaban J connectivity index is 1.79. The summed E-state index contributed by atoms with van der Waals surface area (Å²) in [4.78, 5) is 4.77. The van der Waals surface area contributed by atoms with E-state index in [1.165, 1.54) is 0 Å². The molecule has 0 saturated carbocycles. The first-order chi connectivity index (χ1) is 15.4. The fourth-order valence-electron chi connectivity index (χ4n) is 3.01. The Morgan fingerprint density at radius 2 is 1.38 bits per heavy atom. The van der Waals surface area contributed by atoms with Gasteiger partial charge in [0.25, 0.3) is 0 Å². The number of rotatable bonds is 9. The van der Waals surface area contributed by atoms with Crippen molar-refractivity contribution in [1.29, 1.82) is 0 Å². The number of benzene rings is 3. The van der Waals surface area contributed by atoms with Gasteiger partial charge in [0.15, 0.2) is 0 Å². The van der Waals surface area contributed by atoms with Crippen LogP contribution in [0.15, 0.2) is 102 Å². The number of anilines is 2. The van der Waals surface area contributed by atoms with Crippen molar-refractivity contribution < 1.29 is 8.39 Å². The van der Waals surface area contributed by atoms with Gasteiger partial charge < -0.3 is 14.0 Å². The van der Waals surface area contributed by atoms with Crippen LogP contribution in [0.2, 0.25) is 0 Å². The third kappa shape index (κ3) is 6.86. The van der Waals surface area contributed by atoms with Crippen molar-refractivity contribution in [2.24, 2.45) is 0 Å². The van der Waals surface area contributed by atoms with Gasteiger partial charge in [-0.1, -0.05) is 48.5 Å². The monoisotopic (exact) mass is 446 g/mol. The minimum Gasteiger partial charge on any atom is -0.397 e. The van der Waals surface area contributed by atoms with E-state index in [-0.39, 0.29) is 0 Å². The van der Waals surface area contributed by atoms with Crippen molar-refractivity contribution in [3.05, 3.63) is 108 Å². The van der Waals surface area contributed by atoms with Gasteiger partial charge in [0.2, 0.25) is 11.1 Å². The lowest BCUT2D eigenvalue weighted by atomic mass is 10.1. The summed E-state index contributed by atoms with van der Waals surface area (Å²) in [6.45, 7) is 0. The normalized spacial score (nSPS) is 12.6. The lowest BCUT2D eigenvalue weighted by Gasteiger charge is -2.12. The summed E-state index contributed by atoms with van der Waals surface area (Å²) in [5.41, 5.74) is 4.50. The summed E-state index contributed by atoms with van der Waals surface area (Å²) in [5.74, 6) is 0.570. The summed E-state index contributed by atoms with van der Waals surface area (Å²) in [7, 11) is 8.08. The first-order valence-corrected chi connectivity index (χ1v) is 11.6. The van der Waals surface area contributed by atoms with E-state index in [0.29, 0.717) is 17.1 Å². The molecule has 0 fully saturated rings. The number of hydrogen-bond acceptors (Lipinski definition) is 4. The molecule has 0 N–H and O–H groups in total. The first-order valence-electron chi connectivity index (χ1n) is 10.5. The molecule has 0 radical (unpaired) electrons. The van der Waals surface area contributed by atoms with Gasteiger partial charge in [-0.25, -0.2) is 4.21 Å². The molecule has 1 atom stereocenters. The molecule has 4 nitrogen and oxygen atoms in total. The highest BCUT2D eigenvalue weighted by Gasteiger charge is 2.07. The van der Waals surface area contributed by atoms with E-state index in [1.807, 2.05) is 64.6 Å². The molecule has 0 heterocycles. The molecule has 166 valence electrons. The Morgan fingerprint density at radius 1 is 0.812 bits per heavy atom. The molecule has 3 rings (SSSR count). The van der Waals surface area contributed by atoms with Gasteiger partial charge in [0.05, 0.1) is 4.90 Å². The lowest BCUT2D eigenvalue weighted by Crippen LogP contribution is -2.08. The van der Waals surface area contributed by atoms with E-state index in [1.54, 1.807) is 12.1 Å². The SMILES string of the molecule is CN(C)c1ccc(C=CC(=CCc2ccc(N(C)C)cc2)OS(=O)c2ccccc2)cc1. The van der Waals surface area contributed by atoms with Gasteiger partial charge >= 0.3 is 0 Å². The highest BCUT2D eigenvalue weighted by Crippen LogP contribution is 2.18. The van der Waals surface area contributed by atoms with Crippen molar-refractivity contribution >= 4 is 28.5 Å². The largest absolute Gasteiger partial charge is 0.397 e. The van der Waals surface area contributed by atoms with Crippen LogP contribution in [-0.2, 0) is 21.7 Å². The molecule has 0 bridgehead atoms. The van der Waals surface area contributed by atoms with Crippen LogP contribution in [0.25, 0.3) is 6.08 Å². The number of allylic oxidation sites excluding steroid dienone is 2. The minimum atomic E-state index is -1.58. The smallest absolute Gasteiger partial charge is 0.240 e. The average molecular weight is 447 g/mol. The fraction of sp³-hybridized carbons (Fsp3) is 0.185. The van der Waals surface area contributed by atoms with E-state index in [9.17, 15) is 4.21 Å². The quantitative estimate of drug-likeness (QED) is 0.312. The zero-order valence-corrected chi connectivity index (χ0v) is 19.9. The van der Waals surface area contributed by atoms with Gasteiger partial charge in [-0.15, -0.1) is 0 Å². The van der Waals surface area contributed by atoms with E-state index in [4.69, 9.17) is 4.18 Å². The van der Waals surface area contributed by atoms with Crippen LogP contribution in [0.5, 0.6) is 0 Å². The Hall–Kier alpha value is -3.31. The number of nitrogens with zero attached hydrogens (tertiary/aromatic N) is 2. The predicted octanol–water partition coefficient (Wildman–Crippen LogP) is 5.70. The minimum absolute atomic E-state index is 0.570. The summed E-state index contributed by atoms with van der Waals surface area (Å²) in [6, 6.07) is 25.8. The van der Waals surface area contributed by atoms with Gasteiger partial charge in [-0.05, 0) is 66.1 Å². The van der Waals surface area contributed by atoms with Crippen molar-refractivity contribution in [2.75, 3.05) is 38.0 Å². The van der Waals surface area contributed by atoms with E-state index in [0.717, 1.165) is 22.5 Å². The van der Waals surface area contributed by atoms with Gasteiger partial charge in [0.1, 0.15) is 5.76 Å². The van der Waals surface area contributed by atoms with Crippen LogP contribution in [-0.4, -0.2) is 32.4 Å². The summed E-state index contributed by atoms with van der Waals surface area (Å²) >= 11 is -1.58. The molecule has 0 aliphatic carbocycles. The average Bonchev–Trinajstić information content (AvgIpc) is 2.81. The maximum atomic E-state index is 12.7. The molecule has 0 saturated heterocycles. The summed E-state index contributed by atoms with van der Waals surface area (Å²) in [5, 5.41) is 0. The van der Waals surface area contributed by atoms with E-state index >= 15 is 0 Å². The van der Waals surface area contributed by atoms with Crippen molar-refractivity contribution in [3.63, 3.8) is 0 Å². The Labute approximate surface area is 194 Å². The molecule has 0 amide bonds. The second-order valence-electron chi connectivity index (χ2n) is 7.82. The van der Waals surface area contributed by atoms with E-state index < -0.39 is 11.1 Å². The fourth-order valence-corrected chi connectivity index (χ4v) is 3.78. The highest BCUT2D eigenvalue weighted by atomic mass is 32.2. The highest BCUT2D eigenvalue weighted by molar-refractivity contribution is 7.80. The summed E-state index contributed by atoms with van der Waals surface area (Å²) < 4.78 is 18.6. The Bertz CT molecular complexity index is 1070. The van der Waals surface area contributed by atoms with Crippen molar-refractivity contribution in [2.45, 2.75) is 11.3 Å². The predicted molar refractivity (Wildman–Crippen MR) is 136 cm³/mol. The lowest BCUT2D eigenvalue weighted by molar-refractivity contribution is 0.471. The molecule has 3 aromatic rings. The third-order valence-corrected chi connectivity index (χ3v) is 5.95. The van der Waals surface area contributed by atoms with Crippen molar-refractivity contribution in [1.82, 2.24) is 0 Å². The van der Waals surface area contributed by atoms with Gasteiger partial charge in [0, 0.05) is 39.6 Å². The molecule has 0 aliphatic rings. The molecule has 5 heteroatoms. The molecule has 32 heavy (non-hydrogen) atoms. The third-order valence-electron chi connectivity index (χ3n) is 4.95. The number of hydrogen-bond donors (Lipinski definition) is 0. The Kier molecular flexibility index (Phi) is 8.28. The first kappa shape index (κ1) is 23.4. The van der Waals surface area contributed by atoms with Gasteiger partial charge in [-0.3, -0.25) is 0 Å². The van der Waals surface area contributed by atoms with Crippen molar-refractivity contribution in [3.8, 4) is 0 Å². The Morgan fingerprint density at radius 3 is 1.94 bits per heavy atom. The van der Waals surface area contributed by atoms with Gasteiger partial charge in [-0.2, -0.15) is 0 Å². The second kappa shape index (κ2) is 11.3. The second-order valence-corrected chi connectivity index (χ2v) is 8.93. The molecular weight excluding hydrogens is 416 g/mol. The topological polar surface area (TPSA) is 32.8 Å². The standard InChI is InChI=1S/C27H30N2O2S/c1-28(2)24-16-10-22(11-17-24)14-20-26(31-32(30)27-8-6-5-7-9-27)21-15-23-12-18-25(19-13-23)29(3)4/h5-14,16-21H,15H2,1-4H3. The van der Waals surface area contributed by atoms with E-state index in [2.05, 4.69) is 58.3 Å². The maximum Gasteiger partial charge on any atom is 0.240 e. The molecular formula is C27H30N2O2S. The van der Waals surface area contributed by atoms with Crippen LogP contribution in [0.1, 0.15) is 11.1 Å². The van der Waals surface area contributed by atoms with Crippen LogP contribution in [0, 0.1) is 0 Å². The molecule has 3 aromatic carbocycles. The molecule has 0 aliphatic heterocycles. The molecule has 0 spiro atoms.